The molecule has 1 unspecified atom stereocenters. The molecule has 56 heavy (non-hydrogen) atoms. The summed E-state index contributed by atoms with van der Waals surface area (Å²) in [4.78, 5) is 5.50. The van der Waals surface area contributed by atoms with Crippen molar-refractivity contribution in [3.8, 4) is 0 Å². The van der Waals surface area contributed by atoms with Crippen molar-refractivity contribution in [2.45, 2.75) is 141 Å². The Morgan fingerprint density at radius 2 is 1.27 bits per heavy atom. The molecule has 4 heteroatoms. The van der Waals surface area contributed by atoms with Gasteiger partial charge in [0.15, 0.2) is 0 Å². The molecule has 4 aromatic carbocycles. The van der Waals surface area contributed by atoms with Crippen LogP contribution in [-0.4, -0.2) is 12.8 Å². The van der Waals surface area contributed by atoms with Crippen LogP contribution >= 0.6 is 11.3 Å². The number of para-hydroxylation sites is 1. The van der Waals surface area contributed by atoms with Crippen LogP contribution in [0.1, 0.15) is 136 Å². The zero-order valence-corrected chi connectivity index (χ0v) is 36.5. The predicted molar refractivity (Wildman–Crippen MR) is 244 cm³/mol. The van der Waals surface area contributed by atoms with Gasteiger partial charge in [-0.1, -0.05) is 131 Å². The van der Waals surface area contributed by atoms with Gasteiger partial charge < -0.3 is 9.80 Å². The Kier molecular flexibility index (Phi) is 7.64. The van der Waals surface area contributed by atoms with Crippen LogP contribution in [-0.2, 0) is 27.1 Å². The quantitative estimate of drug-likeness (QED) is 0.166. The Morgan fingerprint density at radius 3 is 1.96 bits per heavy atom. The summed E-state index contributed by atoms with van der Waals surface area (Å²) in [7, 11) is 0. The summed E-state index contributed by atoms with van der Waals surface area (Å²) in [6.07, 6.45) is 10.8. The van der Waals surface area contributed by atoms with E-state index in [1.165, 1.54) is 96.7 Å². The summed E-state index contributed by atoms with van der Waals surface area (Å²) < 4.78 is 2.88. The molecule has 10 rings (SSSR count). The number of fused-ring (bicyclic) bond motifs is 8. The van der Waals surface area contributed by atoms with E-state index in [-0.39, 0.29) is 39.8 Å². The normalized spacial score (nSPS) is 22.3. The average Bonchev–Trinajstić information content (AvgIpc) is 3.54. The van der Waals surface area contributed by atoms with Crippen molar-refractivity contribution in [2.75, 3.05) is 9.80 Å². The third-order valence-electron chi connectivity index (χ3n) is 14.9. The molecule has 0 radical (unpaired) electrons. The van der Waals surface area contributed by atoms with Crippen LogP contribution in [0.3, 0.4) is 0 Å². The highest BCUT2D eigenvalue weighted by Gasteiger charge is 2.51. The first-order valence-electron chi connectivity index (χ1n) is 21.3. The Balaban J connectivity index is 1.32. The lowest BCUT2D eigenvalue weighted by Crippen LogP contribution is -2.60. The highest BCUT2D eigenvalue weighted by molar-refractivity contribution is 7.32. The van der Waals surface area contributed by atoms with E-state index in [2.05, 4.69) is 177 Å². The Bertz CT molecular complexity index is 2530. The number of benzene rings is 4. The van der Waals surface area contributed by atoms with Gasteiger partial charge in [0.2, 0.25) is 0 Å². The second-order valence-electron chi connectivity index (χ2n) is 21.4. The molecule has 286 valence electrons. The third-order valence-corrected chi connectivity index (χ3v) is 16.1. The van der Waals surface area contributed by atoms with E-state index < -0.39 is 0 Å². The van der Waals surface area contributed by atoms with Crippen molar-refractivity contribution in [1.29, 1.82) is 0 Å². The van der Waals surface area contributed by atoms with Crippen molar-refractivity contribution >= 4 is 61.1 Å². The summed E-state index contributed by atoms with van der Waals surface area (Å²) in [5.41, 5.74) is 17.9. The maximum Gasteiger partial charge on any atom is 0.259 e. The van der Waals surface area contributed by atoms with Crippen molar-refractivity contribution in [1.82, 2.24) is 0 Å². The summed E-state index contributed by atoms with van der Waals surface area (Å²) in [5.74, 6) is 0. The van der Waals surface area contributed by atoms with Crippen LogP contribution in [0.2, 0.25) is 0 Å². The van der Waals surface area contributed by atoms with Gasteiger partial charge in [-0.15, -0.1) is 11.3 Å². The molecule has 0 saturated heterocycles. The highest BCUT2D eigenvalue weighted by Crippen LogP contribution is 2.54. The highest BCUT2D eigenvalue weighted by atomic mass is 32.1. The smallest absolute Gasteiger partial charge is 0.259 e. The zero-order chi connectivity index (χ0) is 39.3. The van der Waals surface area contributed by atoms with Gasteiger partial charge in [0.05, 0.1) is 11.7 Å². The summed E-state index contributed by atoms with van der Waals surface area (Å²) in [5, 5.41) is 1.38. The number of anilines is 4. The zero-order valence-electron chi connectivity index (χ0n) is 35.7. The largest absolute Gasteiger partial charge is 0.334 e. The lowest BCUT2D eigenvalue weighted by Gasteiger charge is -2.51. The fourth-order valence-electron chi connectivity index (χ4n) is 11.4. The van der Waals surface area contributed by atoms with Gasteiger partial charge in [-0.2, -0.15) is 0 Å². The Morgan fingerprint density at radius 1 is 0.661 bits per heavy atom. The summed E-state index contributed by atoms with van der Waals surface area (Å²) >= 11 is 2.03. The number of thiophene rings is 1. The molecular formula is C52H59BN2S. The number of rotatable bonds is 2. The average molecular weight is 755 g/mol. The molecule has 2 nitrogen and oxygen atoms in total. The molecule has 3 aliphatic carbocycles. The van der Waals surface area contributed by atoms with E-state index in [1.807, 2.05) is 11.3 Å². The molecule has 0 spiro atoms. The molecule has 0 fully saturated rings. The molecular weight excluding hydrogens is 695 g/mol. The van der Waals surface area contributed by atoms with Crippen molar-refractivity contribution in [3.05, 3.63) is 130 Å². The topological polar surface area (TPSA) is 6.48 Å². The van der Waals surface area contributed by atoms with Crippen LogP contribution < -0.4 is 20.0 Å². The molecule has 5 aliphatic rings. The maximum absolute atomic E-state index is 2.79. The first-order chi connectivity index (χ1) is 26.4. The van der Waals surface area contributed by atoms with Crippen LogP contribution in [0, 0.1) is 0 Å². The number of hydrogen-bond donors (Lipinski definition) is 0. The lowest BCUT2D eigenvalue weighted by atomic mass is 9.33. The van der Waals surface area contributed by atoms with Gasteiger partial charge in [0.1, 0.15) is 0 Å². The fraction of sp³-hybridized carbons (Fsp3) is 0.423. The summed E-state index contributed by atoms with van der Waals surface area (Å²) in [6.45, 7) is 27.1. The van der Waals surface area contributed by atoms with Crippen LogP contribution in [0.4, 0.5) is 22.7 Å². The third kappa shape index (κ3) is 5.12. The van der Waals surface area contributed by atoms with Crippen molar-refractivity contribution < 1.29 is 0 Å². The van der Waals surface area contributed by atoms with Gasteiger partial charge in [0, 0.05) is 37.6 Å². The molecule has 0 amide bonds. The lowest BCUT2D eigenvalue weighted by molar-refractivity contribution is 0.332. The number of hydrogen-bond acceptors (Lipinski definition) is 3. The van der Waals surface area contributed by atoms with Gasteiger partial charge >= 0.3 is 0 Å². The monoisotopic (exact) mass is 754 g/mol. The van der Waals surface area contributed by atoms with Crippen molar-refractivity contribution in [2.24, 2.45) is 0 Å². The minimum Gasteiger partial charge on any atom is -0.334 e. The summed E-state index contributed by atoms with van der Waals surface area (Å²) in [6, 6.07) is 31.6. The molecule has 0 bridgehead atoms. The second kappa shape index (κ2) is 11.8. The van der Waals surface area contributed by atoms with Gasteiger partial charge in [0.25, 0.3) is 6.71 Å². The van der Waals surface area contributed by atoms with Gasteiger partial charge in [-0.25, -0.2) is 0 Å². The van der Waals surface area contributed by atoms with Crippen LogP contribution in [0.25, 0.3) is 10.1 Å². The maximum atomic E-state index is 2.79. The van der Waals surface area contributed by atoms with Crippen LogP contribution in [0.15, 0.2) is 102 Å². The first-order valence-corrected chi connectivity index (χ1v) is 22.2. The van der Waals surface area contributed by atoms with Crippen LogP contribution in [0.5, 0.6) is 0 Å². The van der Waals surface area contributed by atoms with E-state index in [0.717, 1.165) is 6.42 Å². The van der Waals surface area contributed by atoms with E-state index >= 15 is 0 Å². The predicted octanol–water partition coefficient (Wildman–Crippen LogP) is 12.9. The number of allylic oxidation sites excluding steroid dienone is 1. The molecule has 2 aliphatic heterocycles. The Labute approximate surface area is 340 Å². The van der Waals surface area contributed by atoms with Gasteiger partial charge in [-0.3, -0.25) is 0 Å². The number of nitrogens with zero attached hydrogens (tertiary/aromatic N) is 2. The molecule has 0 saturated carbocycles. The first kappa shape index (κ1) is 36.3. The molecule has 1 aromatic heterocycles. The molecule has 0 N–H and O–H groups in total. The minimum absolute atomic E-state index is 0.00644. The molecule has 1 atom stereocenters. The van der Waals surface area contributed by atoms with Crippen molar-refractivity contribution in [3.63, 3.8) is 0 Å². The standard InChI is InChI=1S/C52H59BN2S/c1-48(2,3)35-18-13-14-19-40(35)55-42-21-16-20-41-45(42)53(47-46(55)33-17-12-15-22-44(33)56-47)39-30-37-38(52(10,11)28-27-51(37,8)9)31-43(39)54(41)32-23-24-34-36(29-32)50(6,7)26-25-49(34,4)5/h12-20,22-24,29-31,42H,21,25-28H2,1-11H3. The molecule has 3 heterocycles. The SMILES string of the molecule is CC(C)(C)c1ccccc1N1c2c(sc3ccccc23)B2C3=C(C=CCC31)N(c1ccc3c(c1)C(C)(C)CCC3(C)C)c1cc3c(cc12)C(C)(C)CCC3(C)C. The second-order valence-corrected chi connectivity index (χ2v) is 22.5. The van der Waals surface area contributed by atoms with Gasteiger partial charge in [-0.05, 0) is 134 Å². The fourth-order valence-corrected chi connectivity index (χ4v) is 12.7. The minimum atomic E-state index is -0.00644. The van der Waals surface area contributed by atoms with E-state index in [0.29, 0.717) is 0 Å². The van der Waals surface area contributed by atoms with E-state index in [9.17, 15) is 0 Å². The van der Waals surface area contributed by atoms with E-state index in [1.54, 1.807) is 11.0 Å². The van der Waals surface area contributed by atoms with E-state index in [4.69, 9.17) is 0 Å². The Hall–Kier alpha value is -4.02. The molecule has 5 aromatic rings.